The molecule has 0 aromatic heterocycles. The molecule has 2 unspecified atom stereocenters. The third-order valence-electron chi connectivity index (χ3n) is 2.52. The molecule has 16 heavy (non-hydrogen) atoms. The molecule has 0 aromatic rings. The molecule has 1 aliphatic rings. The van der Waals surface area contributed by atoms with Gasteiger partial charge in [0.1, 0.15) is 6.04 Å². The van der Waals surface area contributed by atoms with Crippen molar-refractivity contribution in [3.63, 3.8) is 0 Å². The van der Waals surface area contributed by atoms with Crippen molar-refractivity contribution in [3.05, 3.63) is 0 Å². The number of amides is 3. The van der Waals surface area contributed by atoms with Gasteiger partial charge in [-0.1, -0.05) is 12.2 Å². The van der Waals surface area contributed by atoms with Crippen LogP contribution in [0.25, 0.3) is 0 Å². The second-order valence-electron chi connectivity index (χ2n) is 3.68. The van der Waals surface area contributed by atoms with Gasteiger partial charge < -0.3 is 11.1 Å². The van der Waals surface area contributed by atoms with Gasteiger partial charge >= 0.3 is 0 Å². The van der Waals surface area contributed by atoms with Gasteiger partial charge in [-0.3, -0.25) is 19.3 Å². The van der Waals surface area contributed by atoms with Crippen LogP contribution >= 0.6 is 12.2 Å². The van der Waals surface area contributed by atoms with Crippen molar-refractivity contribution in [2.45, 2.75) is 19.4 Å². The van der Waals surface area contributed by atoms with Crippen LogP contribution in [0.4, 0.5) is 0 Å². The molecule has 7 heteroatoms. The van der Waals surface area contributed by atoms with E-state index >= 15 is 0 Å². The molecular formula is C9H13N3O3S. The van der Waals surface area contributed by atoms with E-state index in [0.29, 0.717) is 0 Å². The molecule has 6 nitrogen and oxygen atoms in total. The topological polar surface area (TPSA) is 92.5 Å². The smallest absolute Gasteiger partial charge is 0.252 e. The first-order valence-electron chi connectivity index (χ1n) is 4.74. The molecule has 88 valence electrons. The third-order valence-corrected chi connectivity index (χ3v) is 2.87. The number of carbonyl (C=O) groups is 3. The first-order valence-corrected chi connectivity index (χ1v) is 5.15. The zero-order valence-corrected chi connectivity index (χ0v) is 9.84. The Kier molecular flexibility index (Phi) is 3.58. The standard InChI is InChI=1S/C9H13N3O3S/c1-4(7(10)16)8(14)11-5-3-6(13)12(2)9(5)15/h4-5H,3H2,1-2H3,(H2,10,16)(H,11,14). The van der Waals surface area contributed by atoms with Crippen molar-refractivity contribution in [1.29, 1.82) is 0 Å². The van der Waals surface area contributed by atoms with Crippen molar-refractivity contribution in [2.24, 2.45) is 11.7 Å². The Labute approximate surface area is 98.1 Å². The number of thiocarbonyl (C=S) groups is 1. The zero-order valence-electron chi connectivity index (χ0n) is 9.02. The lowest BCUT2D eigenvalue weighted by atomic mass is 10.1. The van der Waals surface area contributed by atoms with Crippen molar-refractivity contribution in [1.82, 2.24) is 10.2 Å². The Hall–Kier alpha value is -1.50. The summed E-state index contributed by atoms with van der Waals surface area (Å²) in [7, 11) is 1.38. The van der Waals surface area contributed by atoms with Crippen LogP contribution in [0.1, 0.15) is 13.3 Å². The summed E-state index contributed by atoms with van der Waals surface area (Å²) >= 11 is 4.67. The van der Waals surface area contributed by atoms with Crippen LogP contribution in [0.2, 0.25) is 0 Å². The molecule has 3 amide bonds. The summed E-state index contributed by atoms with van der Waals surface area (Å²) in [6.07, 6.45) is -0.00880. The van der Waals surface area contributed by atoms with Crippen molar-refractivity contribution in [3.8, 4) is 0 Å². The van der Waals surface area contributed by atoms with Crippen molar-refractivity contribution < 1.29 is 14.4 Å². The summed E-state index contributed by atoms with van der Waals surface area (Å²) in [6, 6.07) is -0.790. The van der Waals surface area contributed by atoms with Gasteiger partial charge in [-0.25, -0.2) is 0 Å². The molecule has 1 fully saturated rings. The predicted octanol–water partition coefficient (Wildman–Crippen LogP) is -1.22. The first kappa shape index (κ1) is 12.6. The Morgan fingerprint density at radius 3 is 2.56 bits per heavy atom. The molecule has 1 aliphatic heterocycles. The molecule has 3 N–H and O–H groups in total. The number of likely N-dealkylation sites (N-methyl/N-ethyl adjacent to an activating group) is 1. The van der Waals surface area contributed by atoms with E-state index in [-0.39, 0.29) is 17.3 Å². The fraction of sp³-hybridized carbons (Fsp3) is 0.556. The number of nitrogens with two attached hydrogens (primary N) is 1. The van der Waals surface area contributed by atoms with Gasteiger partial charge in [0.15, 0.2) is 0 Å². The number of likely N-dealkylation sites (tertiary alicyclic amines) is 1. The molecule has 1 heterocycles. The summed E-state index contributed by atoms with van der Waals surface area (Å²) in [5.74, 6) is -1.80. The van der Waals surface area contributed by atoms with Gasteiger partial charge in [-0.15, -0.1) is 0 Å². The number of rotatable bonds is 3. The summed E-state index contributed by atoms with van der Waals surface area (Å²) in [4.78, 5) is 35.2. The van der Waals surface area contributed by atoms with Crippen LogP contribution in [-0.2, 0) is 14.4 Å². The van der Waals surface area contributed by atoms with Gasteiger partial charge in [0.25, 0.3) is 5.91 Å². The lowest BCUT2D eigenvalue weighted by Gasteiger charge is -2.14. The molecule has 0 spiro atoms. The molecule has 0 aliphatic carbocycles. The van der Waals surface area contributed by atoms with E-state index in [4.69, 9.17) is 5.73 Å². The minimum atomic E-state index is -0.790. The molecule has 0 bridgehead atoms. The Morgan fingerprint density at radius 1 is 1.62 bits per heavy atom. The fourth-order valence-corrected chi connectivity index (χ4v) is 1.40. The average molecular weight is 243 g/mol. The molecule has 0 radical (unpaired) electrons. The maximum Gasteiger partial charge on any atom is 0.252 e. The van der Waals surface area contributed by atoms with E-state index in [9.17, 15) is 14.4 Å². The number of nitrogens with zero attached hydrogens (tertiary/aromatic N) is 1. The maximum atomic E-state index is 11.5. The zero-order chi connectivity index (χ0) is 12.5. The van der Waals surface area contributed by atoms with Crippen LogP contribution in [0.15, 0.2) is 0 Å². The van der Waals surface area contributed by atoms with Gasteiger partial charge in [0, 0.05) is 7.05 Å². The molecule has 0 saturated carbocycles. The van der Waals surface area contributed by atoms with Crippen molar-refractivity contribution >= 4 is 34.9 Å². The van der Waals surface area contributed by atoms with E-state index in [1.165, 1.54) is 7.05 Å². The van der Waals surface area contributed by atoms with Gasteiger partial charge in [-0.2, -0.15) is 0 Å². The molecule has 0 aromatic carbocycles. The van der Waals surface area contributed by atoms with Gasteiger partial charge in [0.2, 0.25) is 11.8 Å². The number of hydrogen-bond donors (Lipinski definition) is 2. The molecule has 1 saturated heterocycles. The SMILES string of the molecule is CC(C(=O)NC1CC(=O)N(C)C1=O)C(N)=S. The minimum Gasteiger partial charge on any atom is -0.393 e. The van der Waals surface area contributed by atoms with Crippen LogP contribution in [0, 0.1) is 5.92 Å². The summed E-state index contributed by atoms with van der Waals surface area (Å²) in [5, 5.41) is 2.45. The highest BCUT2D eigenvalue weighted by Crippen LogP contribution is 2.11. The first-order chi connectivity index (χ1) is 7.34. The van der Waals surface area contributed by atoms with E-state index in [2.05, 4.69) is 17.5 Å². The predicted molar refractivity (Wildman–Crippen MR) is 60.3 cm³/mol. The van der Waals surface area contributed by atoms with Crippen molar-refractivity contribution in [2.75, 3.05) is 7.05 Å². The number of carbonyl (C=O) groups excluding carboxylic acids is 3. The Bertz CT molecular complexity index is 369. The Balaban J connectivity index is 2.63. The minimum absolute atomic E-state index is 0.00880. The van der Waals surface area contributed by atoms with Crippen LogP contribution in [0.3, 0.4) is 0 Å². The van der Waals surface area contributed by atoms with Gasteiger partial charge in [-0.05, 0) is 6.92 Å². The van der Waals surface area contributed by atoms with E-state index in [0.717, 1.165) is 4.90 Å². The second-order valence-corrected chi connectivity index (χ2v) is 4.15. The Morgan fingerprint density at radius 2 is 2.19 bits per heavy atom. The summed E-state index contributed by atoms with van der Waals surface area (Å²) in [5.41, 5.74) is 5.31. The third kappa shape index (κ3) is 2.35. The molecular weight excluding hydrogens is 230 g/mol. The van der Waals surface area contributed by atoms with Gasteiger partial charge in [0.05, 0.1) is 17.3 Å². The van der Waals surface area contributed by atoms with E-state index in [1.54, 1.807) is 6.92 Å². The highest BCUT2D eigenvalue weighted by molar-refractivity contribution is 7.80. The van der Waals surface area contributed by atoms with Crippen LogP contribution < -0.4 is 11.1 Å². The largest absolute Gasteiger partial charge is 0.393 e. The van der Waals surface area contributed by atoms with E-state index < -0.39 is 23.8 Å². The monoisotopic (exact) mass is 243 g/mol. The highest BCUT2D eigenvalue weighted by atomic mass is 32.1. The average Bonchev–Trinajstić information content (AvgIpc) is 2.45. The quantitative estimate of drug-likeness (QED) is 0.479. The van der Waals surface area contributed by atoms with Crippen LogP contribution in [-0.4, -0.2) is 40.7 Å². The normalized spacial score (nSPS) is 22.1. The highest BCUT2D eigenvalue weighted by Gasteiger charge is 2.37. The number of imide groups is 1. The van der Waals surface area contributed by atoms with E-state index in [1.807, 2.05) is 0 Å². The number of nitrogens with one attached hydrogen (secondary N) is 1. The molecule has 2 atom stereocenters. The lowest BCUT2D eigenvalue weighted by Crippen LogP contribution is -2.45. The fourth-order valence-electron chi connectivity index (χ4n) is 1.29. The lowest BCUT2D eigenvalue weighted by molar-refractivity contribution is -0.138. The maximum absolute atomic E-state index is 11.5. The molecule has 1 rings (SSSR count). The van der Waals surface area contributed by atoms with Crippen LogP contribution in [0.5, 0.6) is 0 Å². The second kappa shape index (κ2) is 4.56. The summed E-state index contributed by atoms with van der Waals surface area (Å²) in [6.45, 7) is 1.54. The number of hydrogen-bond acceptors (Lipinski definition) is 4. The summed E-state index contributed by atoms with van der Waals surface area (Å²) < 4.78 is 0.